The van der Waals surface area contributed by atoms with E-state index in [-0.39, 0.29) is 56.5 Å². The number of aliphatic hydroxyl groups excluding tert-OH is 2. The Kier molecular flexibility index (Phi) is 18.2. The predicted molar refractivity (Wildman–Crippen MR) is 217 cm³/mol. The number of aliphatic hydroxyl groups is 3. The zero-order chi connectivity index (χ0) is 44.4. The molecular formula is C45H70O16. The number of hydrogen-bond acceptors (Lipinski definition) is 16. The molecule has 16 nitrogen and oxygen atoms in total. The number of rotatable bonds is 12. The molecule has 16 heteroatoms. The average molecular weight is 867 g/mol. The van der Waals surface area contributed by atoms with Crippen molar-refractivity contribution in [2.45, 2.75) is 216 Å². The third-order valence-corrected chi connectivity index (χ3v) is 12.5. The van der Waals surface area contributed by atoms with Gasteiger partial charge in [0.25, 0.3) is 0 Å². The number of ether oxygens (including phenoxy) is 9. The van der Waals surface area contributed by atoms with Gasteiger partial charge in [-0.15, -0.1) is 0 Å². The van der Waals surface area contributed by atoms with E-state index in [1.807, 2.05) is 39.0 Å². The molecule has 0 unspecified atom stereocenters. The maximum Gasteiger partial charge on any atom is 0.345 e. The Hall–Kier alpha value is -2.96. The normalized spacial score (nSPS) is 41.8. The molecule has 5 heterocycles. The largest absolute Gasteiger partial charge is 0.458 e. The van der Waals surface area contributed by atoms with E-state index in [9.17, 15) is 34.5 Å². The highest BCUT2D eigenvalue weighted by Crippen LogP contribution is 2.40. The quantitative estimate of drug-likeness (QED) is 0.184. The zero-order valence-corrected chi connectivity index (χ0v) is 36.9. The fraction of sp³-hybridized carbons (Fsp3) is 0.822. The first-order valence-electron chi connectivity index (χ1n) is 22.5. The van der Waals surface area contributed by atoms with Crippen LogP contribution < -0.4 is 0 Å². The predicted octanol–water partition coefficient (Wildman–Crippen LogP) is 4.31. The van der Waals surface area contributed by atoms with Crippen molar-refractivity contribution in [3.05, 3.63) is 24.3 Å². The van der Waals surface area contributed by atoms with Gasteiger partial charge in [-0.1, -0.05) is 58.9 Å². The molecule has 6 bridgehead atoms. The van der Waals surface area contributed by atoms with Gasteiger partial charge in [-0.25, -0.2) is 4.79 Å². The molecule has 0 amide bonds. The van der Waals surface area contributed by atoms with E-state index in [0.29, 0.717) is 44.9 Å². The summed E-state index contributed by atoms with van der Waals surface area (Å²) in [6.07, 6.45) is -1.58. The first-order valence-corrected chi connectivity index (χ1v) is 22.5. The van der Waals surface area contributed by atoms with Gasteiger partial charge in [-0.05, 0) is 57.3 Å². The van der Waals surface area contributed by atoms with Gasteiger partial charge in [-0.2, -0.15) is 0 Å². The number of methoxy groups -OCH3 is 1. The van der Waals surface area contributed by atoms with E-state index in [4.69, 9.17) is 42.6 Å². The Labute approximate surface area is 359 Å². The van der Waals surface area contributed by atoms with Crippen LogP contribution in [-0.4, -0.2) is 138 Å². The monoisotopic (exact) mass is 866 g/mol. The van der Waals surface area contributed by atoms with Crippen LogP contribution >= 0.6 is 0 Å². The van der Waals surface area contributed by atoms with Crippen LogP contribution in [0.5, 0.6) is 0 Å². The average Bonchev–Trinajstić information content (AvgIpc) is 3.67. The lowest BCUT2D eigenvalue weighted by atomic mass is 9.83. The second kappa shape index (κ2) is 22.6. The zero-order valence-electron chi connectivity index (χ0n) is 36.9. The molecular weight excluding hydrogens is 796 g/mol. The number of fused-ring (bicyclic) bond motifs is 6. The highest BCUT2D eigenvalue weighted by atomic mass is 16.7. The van der Waals surface area contributed by atoms with Crippen LogP contribution in [0.1, 0.15) is 125 Å². The molecule has 0 spiro atoms. The Balaban J connectivity index is 1.46. The van der Waals surface area contributed by atoms with Crippen LogP contribution in [-0.2, 0) is 61.8 Å². The molecule has 0 aromatic carbocycles. The van der Waals surface area contributed by atoms with Gasteiger partial charge in [-0.3, -0.25) is 14.4 Å². The Morgan fingerprint density at radius 2 is 1.36 bits per heavy atom. The lowest BCUT2D eigenvalue weighted by molar-refractivity contribution is -0.319. The Bertz CT molecular complexity index is 1520. The van der Waals surface area contributed by atoms with Gasteiger partial charge < -0.3 is 58.0 Å². The lowest BCUT2D eigenvalue weighted by Gasteiger charge is -2.46. The fourth-order valence-electron chi connectivity index (χ4n) is 9.20. The molecule has 4 saturated heterocycles. The molecule has 0 aliphatic carbocycles. The van der Waals surface area contributed by atoms with Crippen molar-refractivity contribution in [3.63, 3.8) is 0 Å². The first kappa shape index (κ1) is 49.1. The molecule has 346 valence electrons. The summed E-state index contributed by atoms with van der Waals surface area (Å²) in [5.74, 6) is -2.65. The molecule has 5 rings (SSSR count). The van der Waals surface area contributed by atoms with Crippen molar-refractivity contribution in [2.24, 2.45) is 11.8 Å². The molecule has 17 atom stereocenters. The number of carbonyl (C=O) groups is 4. The van der Waals surface area contributed by atoms with Crippen molar-refractivity contribution in [2.75, 3.05) is 7.11 Å². The van der Waals surface area contributed by atoms with Gasteiger partial charge in [0.05, 0.1) is 42.7 Å². The van der Waals surface area contributed by atoms with Gasteiger partial charge in [0.15, 0.2) is 18.5 Å². The summed E-state index contributed by atoms with van der Waals surface area (Å²) in [5.41, 5.74) is -2.68. The molecule has 0 radical (unpaired) electrons. The summed E-state index contributed by atoms with van der Waals surface area (Å²) >= 11 is 0. The number of esters is 4. The standard InChI is InChI=1S/C45H70O16/c1-8-14-36(47)59-35-23-30-22-29(56-43-41(53-7)40(61-38(49)16-10-3)39(27(6)54-43)60-37(48)15-9-2)21-28(55-30)19-25(4)17-12-11-13-18-32-26(5)20-33(57-32)31(46)24-34-42(50)45(35,52)44(51)58-34/h11-13,17,25-35,39-43,46,50,52H,8-10,14-16,18-24H2,1-7H3/b13-11-,17-12+/t25-,26-,27-,28+,29-,30+,31-,32-,33-,34-,35+,39+,40+,41+,42+,43-,45+/m0/s1. The van der Waals surface area contributed by atoms with E-state index in [2.05, 4.69) is 13.0 Å². The number of carbonyl (C=O) groups excluding carboxylic acids is 4. The van der Waals surface area contributed by atoms with Gasteiger partial charge in [0.2, 0.25) is 5.60 Å². The van der Waals surface area contributed by atoms with Crippen molar-refractivity contribution in [1.82, 2.24) is 0 Å². The minimum absolute atomic E-state index is 0.00915. The molecule has 5 aliphatic rings. The summed E-state index contributed by atoms with van der Waals surface area (Å²) in [5, 5.41) is 35.1. The molecule has 0 saturated carbocycles. The molecule has 4 fully saturated rings. The third kappa shape index (κ3) is 12.4. The lowest BCUT2D eigenvalue weighted by Crippen LogP contribution is -2.61. The Morgan fingerprint density at radius 1 is 0.738 bits per heavy atom. The van der Waals surface area contributed by atoms with E-state index >= 15 is 0 Å². The fourth-order valence-corrected chi connectivity index (χ4v) is 9.20. The van der Waals surface area contributed by atoms with Crippen molar-refractivity contribution < 1.29 is 77.1 Å². The first-order chi connectivity index (χ1) is 29.1. The van der Waals surface area contributed by atoms with Crippen LogP contribution in [0.4, 0.5) is 0 Å². The van der Waals surface area contributed by atoms with Gasteiger partial charge in [0, 0.05) is 52.1 Å². The minimum atomic E-state index is -2.68. The van der Waals surface area contributed by atoms with Crippen molar-refractivity contribution in [3.8, 4) is 0 Å². The van der Waals surface area contributed by atoms with Crippen LogP contribution in [0.15, 0.2) is 24.3 Å². The molecule has 3 N–H and O–H groups in total. The van der Waals surface area contributed by atoms with Crippen molar-refractivity contribution in [1.29, 1.82) is 0 Å². The maximum absolute atomic E-state index is 13.7. The Morgan fingerprint density at radius 3 is 2.00 bits per heavy atom. The SMILES string of the molecule is CCCC(=O)O[C@H]1[C@@H](OC)[C@H](O[C@@H]2C[C@@H]3C[C@@H](OC(=O)CCC)[C@]4(O)C(=O)O[C@@H](C[C@H](O)[C@@H]5C[C@H](C)[C@H](C/C=C\C=C\[C@H](C)C[C@H](C2)O3)O5)[C@H]4O)O[C@@H](C)[C@H]1OC(=O)CCC. The van der Waals surface area contributed by atoms with Crippen LogP contribution in [0, 0.1) is 11.8 Å². The topological polar surface area (TPSA) is 212 Å². The number of allylic oxidation sites excluding steroid dienone is 3. The molecule has 0 aromatic rings. The molecule has 5 aliphatic heterocycles. The highest BCUT2D eigenvalue weighted by Gasteiger charge is 2.63. The summed E-state index contributed by atoms with van der Waals surface area (Å²) in [6, 6.07) is 0. The molecule has 61 heavy (non-hydrogen) atoms. The van der Waals surface area contributed by atoms with E-state index in [1.54, 1.807) is 13.8 Å². The smallest absolute Gasteiger partial charge is 0.345 e. The van der Waals surface area contributed by atoms with E-state index in [0.717, 1.165) is 0 Å². The van der Waals surface area contributed by atoms with Crippen LogP contribution in [0.2, 0.25) is 0 Å². The second-order valence-electron chi connectivity index (χ2n) is 17.6. The minimum Gasteiger partial charge on any atom is -0.458 e. The van der Waals surface area contributed by atoms with Gasteiger partial charge in [0.1, 0.15) is 24.4 Å². The number of hydrogen-bond donors (Lipinski definition) is 3. The third-order valence-electron chi connectivity index (χ3n) is 12.5. The highest BCUT2D eigenvalue weighted by molar-refractivity contribution is 5.84. The van der Waals surface area contributed by atoms with Crippen LogP contribution in [0.3, 0.4) is 0 Å². The maximum atomic E-state index is 13.7. The summed E-state index contributed by atoms with van der Waals surface area (Å²) in [4.78, 5) is 52.4. The summed E-state index contributed by atoms with van der Waals surface area (Å²) in [7, 11) is 1.43. The molecule has 0 aromatic heterocycles. The van der Waals surface area contributed by atoms with Gasteiger partial charge >= 0.3 is 23.9 Å². The summed E-state index contributed by atoms with van der Waals surface area (Å²) in [6.45, 7) is 11.3. The van der Waals surface area contributed by atoms with E-state index in [1.165, 1.54) is 7.11 Å². The van der Waals surface area contributed by atoms with Crippen molar-refractivity contribution >= 4 is 23.9 Å². The van der Waals surface area contributed by atoms with Crippen LogP contribution in [0.25, 0.3) is 0 Å². The van der Waals surface area contributed by atoms with E-state index < -0.39 is 109 Å². The summed E-state index contributed by atoms with van der Waals surface area (Å²) < 4.78 is 54.9. The second-order valence-corrected chi connectivity index (χ2v) is 17.6.